The summed E-state index contributed by atoms with van der Waals surface area (Å²) in [7, 11) is 0. The molecule has 1 aliphatic rings. The molecular formula is C16H18BBrN4O. The van der Waals surface area contributed by atoms with Gasteiger partial charge >= 0.3 is 0 Å². The fourth-order valence-electron chi connectivity index (χ4n) is 2.62. The first kappa shape index (κ1) is 17.0. The van der Waals surface area contributed by atoms with Crippen molar-refractivity contribution in [3.8, 4) is 5.97 Å². The largest absolute Gasteiger partial charge is 0.508 e. The number of anilines is 1. The zero-order valence-corrected chi connectivity index (χ0v) is 14.2. The van der Waals surface area contributed by atoms with Gasteiger partial charge in [0.2, 0.25) is 0 Å². The average molecular weight is 373 g/mol. The van der Waals surface area contributed by atoms with Crippen LogP contribution in [0.2, 0.25) is 12.6 Å². The molecule has 2 heterocycles. The number of H-pyrrole nitrogens is 1. The summed E-state index contributed by atoms with van der Waals surface area (Å²) < 4.78 is 0.834. The molecule has 1 fully saturated rings. The Kier molecular flexibility index (Phi) is 5.07. The molecule has 0 spiro atoms. The second-order valence-electron chi connectivity index (χ2n) is 5.54. The number of nitrogens with one attached hydrogen (secondary N) is 1. The molecular weight excluding hydrogens is 355 g/mol. The number of nitrogens with two attached hydrogens (primary N) is 2. The van der Waals surface area contributed by atoms with Gasteiger partial charge < -0.3 is 21.6 Å². The SMILES string of the molecule is C=C/C=C(C(=C)O)/C(N)=C/c1c(N)[nH]c(C2CB(C#N)C2)c1Br. The molecule has 0 unspecified atom stereocenters. The molecule has 2 rings (SSSR count). The normalized spacial score (nSPS) is 15.9. The zero-order chi connectivity index (χ0) is 17.1. The van der Waals surface area contributed by atoms with Crippen molar-refractivity contribution in [1.82, 2.24) is 4.98 Å². The summed E-state index contributed by atoms with van der Waals surface area (Å²) in [5.41, 5.74) is 14.5. The number of nitriles is 1. The summed E-state index contributed by atoms with van der Waals surface area (Å²) in [6, 6.07) is 0. The van der Waals surface area contributed by atoms with Crippen LogP contribution in [0.4, 0.5) is 5.82 Å². The van der Waals surface area contributed by atoms with Crippen LogP contribution in [0, 0.1) is 11.2 Å². The predicted molar refractivity (Wildman–Crippen MR) is 98.8 cm³/mol. The number of nitrogen functional groups attached to an aromatic ring is 1. The van der Waals surface area contributed by atoms with Crippen LogP contribution < -0.4 is 11.5 Å². The van der Waals surface area contributed by atoms with Crippen LogP contribution in [-0.4, -0.2) is 16.8 Å². The Morgan fingerprint density at radius 2 is 2.17 bits per heavy atom. The highest BCUT2D eigenvalue weighted by Gasteiger charge is 2.36. The van der Waals surface area contributed by atoms with Gasteiger partial charge in [-0.1, -0.05) is 31.9 Å². The van der Waals surface area contributed by atoms with Crippen molar-refractivity contribution in [2.45, 2.75) is 18.6 Å². The number of hydrogen-bond acceptors (Lipinski definition) is 4. The molecule has 1 saturated heterocycles. The Morgan fingerprint density at radius 1 is 1.52 bits per heavy atom. The lowest BCUT2D eigenvalue weighted by Crippen LogP contribution is -2.28. The summed E-state index contributed by atoms with van der Waals surface area (Å²) >= 11 is 3.55. The van der Waals surface area contributed by atoms with Crippen molar-refractivity contribution in [3.63, 3.8) is 0 Å². The Bertz CT molecular complexity index is 751. The van der Waals surface area contributed by atoms with Gasteiger partial charge in [-0.15, -0.1) is 0 Å². The Labute approximate surface area is 144 Å². The van der Waals surface area contributed by atoms with Crippen LogP contribution in [0.25, 0.3) is 6.08 Å². The maximum atomic E-state index is 9.61. The van der Waals surface area contributed by atoms with E-state index >= 15 is 0 Å². The van der Waals surface area contributed by atoms with Crippen molar-refractivity contribution in [2.75, 3.05) is 5.73 Å². The second kappa shape index (κ2) is 6.84. The third kappa shape index (κ3) is 3.38. The minimum Gasteiger partial charge on any atom is -0.508 e. The van der Waals surface area contributed by atoms with E-state index in [4.69, 9.17) is 16.7 Å². The number of aromatic nitrogens is 1. The summed E-state index contributed by atoms with van der Waals surface area (Å²) in [5.74, 6) is 2.90. The van der Waals surface area contributed by atoms with E-state index in [1.807, 2.05) is 0 Å². The lowest BCUT2D eigenvalue weighted by molar-refractivity contribution is 0.428. The van der Waals surface area contributed by atoms with Gasteiger partial charge in [-0.2, -0.15) is 0 Å². The monoisotopic (exact) mass is 372 g/mol. The Hall–Kier alpha value is -2.33. The van der Waals surface area contributed by atoms with Crippen LogP contribution in [-0.2, 0) is 0 Å². The van der Waals surface area contributed by atoms with Gasteiger partial charge in [0.1, 0.15) is 11.6 Å². The zero-order valence-electron chi connectivity index (χ0n) is 12.6. The summed E-state index contributed by atoms with van der Waals surface area (Å²) in [5, 5.41) is 18.5. The van der Waals surface area contributed by atoms with Gasteiger partial charge in [-0.25, -0.2) is 5.26 Å². The quantitative estimate of drug-likeness (QED) is 0.360. The summed E-state index contributed by atoms with van der Waals surface area (Å²) in [4.78, 5) is 3.16. The third-order valence-corrected chi connectivity index (χ3v) is 4.82. The van der Waals surface area contributed by atoms with Gasteiger partial charge in [0.15, 0.2) is 0 Å². The first-order valence-electron chi connectivity index (χ1n) is 7.14. The molecule has 0 saturated carbocycles. The van der Waals surface area contributed by atoms with E-state index in [-0.39, 0.29) is 18.4 Å². The van der Waals surface area contributed by atoms with Crippen LogP contribution in [0.5, 0.6) is 0 Å². The molecule has 0 atom stereocenters. The summed E-state index contributed by atoms with van der Waals surface area (Å²) in [6.45, 7) is 7.19. The van der Waals surface area contributed by atoms with E-state index in [0.717, 1.165) is 22.8 Å². The van der Waals surface area contributed by atoms with Crippen molar-refractivity contribution in [2.24, 2.45) is 5.73 Å². The van der Waals surface area contributed by atoms with E-state index in [2.05, 4.69) is 40.0 Å². The highest BCUT2D eigenvalue weighted by molar-refractivity contribution is 9.10. The number of allylic oxidation sites excluding steroid dienone is 2. The lowest BCUT2D eigenvalue weighted by Gasteiger charge is -2.27. The van der Waals surface area contributed by atoms with Crippen molar-refractivity contribution < 1.29 is 5.11 Å². The molecule has 0 radical (unpaired) electrons. The molecule has 1 aromatic heterocycles. The number of aliphatic hydroxyl groups excluding tert-OH is 1. The lowest BCUT2D eigenvalue weighted by atomic mass is 9.32. The molecule has 5 nitrogen and oxygen atoms in total. The fraction of sp³-hybridized carbons (Fsp3) is 0.188. The summed E-state index contributed by atoms with van der Waals surface area (Å²) in [6.07, 6.45) is 6.42. The smallest absolute Gasteiger partial charge is 0.269 e. The molecule has 0 aromatic carbocycles. The van der Waals surface area contributed by atoms with Crippen LogP contribution in [0.3, 0.4) is 0 Å². The first-order chi connectivity index (χ1) is 10.9. The van der Waals surface area contributed by atoms with Gasteiger partial charge in [0, 0.05) is 33.0 Å². The van der Waals surface area contributed by atoms with Gasteiger partial charge in [0.25, 0.3) is 6.71 Å². The number of rotatable bonds is 5. The van der Waals surface area contributed by atoms with E-state index in [0.29, 0.717) is 22.7 Å². The van der Waals surface area contributed by atoms with E-state index in [1.54, 1.807) is 12.2 Å². The van der Waals surface area contributed by atoms with Crippen LogP contribution in [0.15, 0.2) is 46.8 Å². The molecule has 1 aliphatic heterocycles. The highest BCUT2D eigenvalue weighted by atomic mass is 79.9. The molecule has 7 heteroatoms. The molecule has 1 aromatic rings. The van der Waals surface area contributed by atoms with Gasteiger partial charge in [0.05, 0.1) is 0 Å². The molecule has 118 valence electrons. The second-order valence-corrected chi connectivity index (χ2v) is 6.33. The topological polar surface area (TPSA) is 112 Å². The van der Waals surface area contributed by atoms with Crippen molar-refractivity contribution in [1.29, 1.82) is 5.26 Å². The van der Waals surface area contributed by atoms with Crippen molar-refractivity contribution in [3.05, 3.63) is 58.1 Å². The number of nitrogens with zero attached hydrogens (tertiary/aromatic N) is 1. The number of aliphatic hydroxyl groups is 1. The standard InChI is InChI=1S/C16H18BBrN4O/c1-3-4-11(9(2)23)13(20)5-12-14(18)15(22-16(12)21)10-6-17(7-10)8-19/h3-5,10,22-23H,1-2,6-7,20-21H2/b11-4+,13-5-. The minimum atomic E-state index is -0.139. The molecule has 23 heavy (non-hydrogen) atoms. The Morgan fingerprint density at radius 3 is 2.70 bits per heavy atom. The van der Waals surface area contributed by atoms with E-state index in [1.165, 1.54) is 6.08 Å². The first-order valence-corrected chi connectivity index (χ1v) is 7.93. The van der Waals surface area contributed by atoms with Crippen LogP contribution >= 0.6 is 15.9 Å². The number of aromatic amines is 1. The highest BCUT2D eigenvalue weighted by Crippen LogP contribution is 2.43. The maximum Gasteiger partial charge on any atom is 0.269 e. The van der Waals surface area contributed by atoms with E-state index in [9.17, 15) is 5.11 Å². The number of halogens is 1. The van der Waals surface area contributed by atoms with Crippen molar-refractivity contribution >= 4 is 34.5 Å². The van der Waals surface area contributed by atoms with Crippen LogP contribution in [0.1, 0.15) is 17.2 Å². The Balaban J connectivity index is 2.34. The molecule has 0 amide bonds. The average Bonchev–Trinajstić information content (AvgIpc) is 2.71. The molecule has 6 N–H and O–H groups in total. The van der Waals surface area contributed by atoms with Gasteiger partial charge in [-0.3, -0.25) is 0 Å². The minimum absolute atomic E-state index is 0.111. The number of hydrogen-bond donors (Lipinski definition) is 4. The molecule has 0 bridgehead atoms. The maximum absolute atomic E-state index is 9.61. The van der Waals surface area contributed by atoms with Gasteiger partial charge in [-0.05, 0) is 34.0 Å². The van der Waals surface area contributed by atoms with E-state index < -0.39 is 0 Å². The predicted octanol–water partition coefficient (Wildman–Crippen LogP) is 3.50. The fourth-order valence-corrected chi connectivity index (χ4v) is 3.37. The third-order valence-electron chi connectivity index (χ3n) is 3.97. The molecule has 0 aliphatic carbocycles.